The molecule has 0 unspecified atom stereocenters. The average Bonchev–Trinajstić information content (AvgIpc) is 2.84. The zero-order chi connectivity index (χ0) is 18.0. The zero-order valence-corrected chi connectivity index (χ0v) is 16.7. The van der Waals surface area contributed by atoms with Gasteiger partial charge in [-0.05, 0) is 36.2 Å². The van der Waals surface area contributed by atoms with E-state index in [4.69, 9.17) is 9.16 Å². The molecule has 1 heterocycles. The molecule has 0 bridgehead atoms. The fraction of sp³-hybridized carbons (Fsp3) is 0.526. The molecule has 2 aromatic rings. The minimum atomic E-state index is -1.73. The fourth-order valence-corrected chi connectivity index (χ4v) is 3.53. The summed E-state index contributed by atoms with van der Waals surface area (Å²) in [5.74, 6) is -0.236. The number of para-hydroxylation sites is 1. The Labute approximate surface area is 145 Å². The first-order valence-corrected chi connectivity index (χ1v) is 11.3. The summed E-state index contributed by atoms with van der Waals surface area (Å²) < 4.78 is 13.1. The highest BCUT2D eigenvalue weighted by atomic mass is 28.4. The zero-order valence-electron chi connectivity index (χ0n) is 15.7. The lowest BCUT2D eigenvalue weighted by molar-refractivity contribution is -0.141. The summed E-state index contributed by atoms with van der Waals surface area (Å²) in [6, 6.07) is 8.16. The van der Waals surface area contributed by atoms with Crippen molar-refractivity contribution in [3.8, 4) is 0 Å². The van der Waals surface area contributed by atoms with Gasteiger partial charge in [0.15, 0.2) is 8.32 Å². The van der Waals surface area contributed by atoms with Crippen molar-refractivity contribution in [2.45, 2.75) is 51.9 Å². The lowest BCUT2D eigenvalue weighted by atomic mass is 10.1. The third kappa shape index (κ3) is 4.08. The van der Waals surface area contributed by atoms with Crippen LogP contribution in [0.1, 0.15) is 26.3 Å². The molecule has 0 spiro atoms. The van der Waals surface area contributed by atoms with Crippen LogP contribution in [0.2, 0.25) is 18.1 Å². The van der Waals surface area contributed by atoms with E-state index in [1.807, 2.05) is 22.8 Å². The molecule has 0 aliphatic heterocycles. The van der Waals surface area contributed by atoms with Crippen LogP contribution in [-0.4, -0.2) is 32.6 Å². The Hall–Kier alpha value is -1.59. The molecule has 0 N–H and O–H groups in total. The molecular formula is C19H29NO3Si. The van der Waals surface area contributed by atoms with Gasteiger partial charge < -0.3 is 13.7 Å². The number of methoxy groups -OCH3 is 1. The SMILES string of the molecule is COC(=O)Cn1cc(CCO[Si](C)(C)C(C)(C)C)c2ccccc21. The minimum Gasteiger partial charge on any atom is -0.468 e. The van der Waals surface area contributed by atoms with E-state index < -0.39 is 8.32 Å². The van der Waals surface area contributed by atoms with E-state index in [-0.39, 0.29) is 17.6 Å². The van der Waals surface area contributed by atoms with E-state index in [0.717, 1.165) is 11.9 Å². The summed E-state index contributed by atoms with van der Waals surface area (Å²) in [7, 11) is -0.314. The number of nitrogens with zero attached hydrogens (tertiary/aromatic N) is 1. The largest absolute Gasteiger partial charge is 0.468 e. The molecular weight excluding hydrogens is 318 g/mol. The van der Waals surface area contributed by atoms with E-state index in [2.05, 4.69) is 46.1 Å². The maximum atomic E-state index is 11.6. The number of benzene rings is 1. The second-order valence-electron chi connectivity index (χ2n) is 7.73. The molecule has 0 saturated carbocycles. The van der Waals surface area contributed by atoms with Gasteiger partial charge in [0.05, 0.1) is 7.11 Å². The van der Waals surface area contributed by atoms with Gasteiger partial charge in [-0.25, -0.2) is 0 Å². The highest BCUT2D eigenvalue weighted by Crippen LogP contribution is 2.36. The van der Waals surface area contributed by atoms with Crippen LogP contribution >= 0.6 is 0 Å². The number of aromatic nitrogens is 1. The number of rotatable bonds is 6. The fourth-order valence-electron chi connectivity index (χ4n) is 2.49. The molecule has 1 aromatic heterocycles. The molecule has 0 aliphatic rings. The van der Waals surface area contributed by atoms with Crippen molar-refractivity contribution in [1.29, 1.82) is 0 Å². The summed E-state index contributed by atoms with van der Waals surface area (Å²) in [5.41, 5.74) is 2.28. The molecule has 0 saturated heterocycles. The average molecular weight is 348 g/mol. The maximum Gasteiger partial charge on any atom is 0.325 e. The lowest BCUT2D eigenvalue weighted by Crippen LogP contribution is -2.41. The quantitative estimate of drug-likeness (QED) is 0.575. The first-order valence-electron chi connectivity index (χ1n) is 8.43. The Morgan fingerprint density at radius 3 is 2.50 bits per heavy atom. The maximum absolute atomic E-state index is 11.6. The van der Waals surface area contributed by atoms with Gasteiger partial charge in [0.2, 0.25) is 0 Å². The van der Waals surface area contributed by atoms with E-state index in [1.54, 1.807) is 0 Å². The Bertz CT molecular complexity index is 713. The van der Waals surface area contributed by atoms with Gasteiger partial charge in [-0.3, -0.25) is 4.79 Å². The highest BCUT2D eigenvalue weighted by Gasteiger charge is 2.36. The van der Waals surface area contributed by atoms with Crippen molar-refractivity contribution in [1.82, 2.24) is 4.57 Å². The monoisotopic (exact) mass is 347 g/mol. The number of fused-ring (bicyclic) bond motifs is 1. The van der Waals surface area contributed by atoms with Crippen molar-refractivity contribution in [3.05, 3.63) is 36.0 Å². The van der Waals surface area contributed by atoms with E-state index >= 15 is 0 Å². The molecule has 132 valence electrons. The number of hydrogen-bond acceptors (Lipinski definition) is 3. The smallest absolute Gasteiger partial charge is 0.325 e. The van der Waals surface area contributed by atoms with Crippen LogP contribution in [0.25, 0.3) is 10.9 Å². The summed E-state index contributed by atoms with van der Waals surface area (Å²) in [4.78, 5) is 11.6. The third-order valence-electron chi connectivity index (χ3n) is 5.04. The standard InChI is InChI=1S/C19H29NO3Si/c1-19(2,3)24(5,6)23-12-11-15-13-20(14-18(21)22-4)17-10-8-7-9-16(15)17/h7-10,13H,11-12,14H2,1-6H3. The van der Waals surface area contributed by atoms with E-state index in [0.29, 0.717) is 6.61 Å². The second kappa shape index (κ2) is 7.11. The van der Waals surface area contributed by atoms with Crippen LogP contribution in [0.3, 0.4) is 0 Å². The van der Waals surface area contributed by atoms with Crippen molar-refractivity contribution < 1.29 is 14.0 Å². The molecule has 0 radical (unpaired) electrons. The van der Waals surface area contributed by atoms with Crippen molar-refractivity contribution >= 4 is 25.2 Å². The Morgan fingerprint density at radius 2 is 1.88 bits per heavy atom. The predicted molar refractivity (Wildman–Crippen MR) is 101 cm³/mol. The number of carbonyl (C=O) groups is 1. The summed E-state index contributed by atoms with van der Waals surface area (Å²) in [5, 5.41) is 1.39. The van der Waals surface area contributed by atoms with Gasteiger partial charge in [0, 0.05) is 23.7 Å². The number of ether oxygens (including phenoxy) is 1. The number of carbonyl (C=O) groups excluding carboxylic acids is 1. The van der Waals surface area contributed by atoms with Crippen molar-refractivity contribution in [3.63, 3.8) is 0 Å². The normalized spacial score (nSPS) is 12.6. The van der Waals surface area contributed by atoms with Gasteiger partial charge in [-0.15, -0.1) is 0 Å². The van der Waals surface area contributed by atoms with Crippen LogP contribution in [-0.2, 0) is 26.9 Å². The van der Waals surface area contributed by atoms with Crippen LogP contribution in [0.4, 0.5) is 0 Å². The van der Waals surface area contributed by atoms with Gasteiger partial charge in [-0.1, -0.05) is 39.0 Å². The van der Waals surface area contributed by atoms with Gasteiger partial charge >= 0.3 is 5.97 Å². The van der Waals surface area contributed by atoms with Crippen LogP contribution in [0.5, 0.6) is 0 Å². The molecule has 0 aliphatic carbocycles. The summed E-state index contributed by atoms with van der Waals surface area (Å²) in [6.07, 6.45) is 2.90. The first-order chi connectivity index (χ1) is 11.2. The molecule has 4 nitrogen and oxygen atoms in total. The van der Waals surface area contributed by atoms with Crippen LogP contribution < -0.4 is 0 Å². The predicted octanol–water partition coefficient (Wildman–Crippen LogP) is 4.38. The van der Waals surface area contributed by atoms with Gasteiger partial charge in [-0.2, -0.15) is 0 Å². The summed E-state index contributed by atoms with van der Waals surface area (Å²) in [6.45, 7) is 12.2. The molecule has 1 aromatic carbocycles. The van der Waals surface area contributed by atoms with Crippen molar-refractivity contribution in [2.24, 2.45) is 0 Å². The first kappa shape index (κ1) is 18.7. The molecule has 0 atom stereocenters. The highest BCUT2D eigenvalue weighted by molar-refractivity contribution is 6.74. The molecule has 0 amide bonds. The van der Waals surface area contributed by atoms with Crippen LogP contribution in [0, 0.1) is 0 Å². The Morgan fingerprint density at radius 1 is 1.21 bits per heavy atom. The van der Waals surface area contributed by atoms with Gasteiger partial charge in [0.1, 0.15) is 6.54 Å². The van der Waals surface area contributed by atoms with Gasteiger partial charge in [0.25, 0.3) is 0 Å². The second-order valence-corrected chi connectivity index (χ2v) is 12.5. The van der Waals surface area contributed by atoms with Crippen molar-refractivity contribution in [2.75, 3.05) is 13.7 Å². The molecule has 5 heteroatoms. The van der Waals surface area contributed by atoms with E-state index in [9.17, 15) is 4.79 Å². The Balaban J connectivity index is 2.16. The molecule has 2 rings (SSSR count). The third-order valence-corrected chi connectivity index (χ3v) is 9.58. The topological polar surface area (TPSA) is 40.5 Å². The molecule has 0 fully saturated rings. The number of hydrogen-bond donors (Lipinski definition) is 0. The Kier molecular flexibility index (Phi) is 5.55. The number of esters is 1. The van der Waals surface area contributed by atoms with E-state index in [1.165, 1.54) is 18.1 Å². The lowest BCUT2D eigenvalue weighted by Gasteiger charge is -2.36. The van der Waals surface area contributed by atoms with Crippen LogP contribution in [0.15, 0.2) is 30.5 Å². The summed E-state index contributed by atoms with van der Waals surface area (Å²) >= 11 is 0. The molecule has 24 heavy (non-hydrogen) atoms. The minimum absolute atomic E-state index is 0.214.